The maximum Gasteiger partial charge on any atom is 0.406 e. The summed E-state index contributed by atoms with van der Waals surface area (Å²) in [6.07, 6.45) is -3.19. The molecular weight excluding hydrogens is 261 g/mol. The van der Waals surface area contributed by atoms with Crippen molar-refractivity contribution in [2.75, 3.05) is 20.2 Å². The minimum atomic E-state index is -4.48. The third-order valence-corrected chi connectivity index (χ3v) is 2.08. The van der Waals surface area contributed by atoms with Gasteiger partial charge in [-0.25, -0.2) is 4.98 Å². The molecule has 0 spiro atoms. The van der Waals surface area contributed by atoms with Gasteiger partial charge in [-0.15, -0.1) is 0 Å². The van der Waals surface area contributed by atoms with Crippen molar-refractivity contribution in [3.8, 4) is 11.8 Å². The number of aliphatic hydroxyl groups is 1. The normalized spacial score (nSPS) is 10.6. The van der Waals surface area contributed by atoms with Crippen molar-refractivity contribution in [2.24, 2.45) is 0 Å². The average molecular weight is 272 g/mol. The maximum atomic E-state index is 12.2. The van der Waals surface area contributed by atoms with Gasteiger partial charge in [-0.3, -0.25) is 4.79 Å². The molecule has 0 aliphatic heterocycles. The van der Waals surface area contributed by atoms with Gasteiger partial charge in [0.05, 0.1) is 5.56 Å². The first-order valence-electron chi connectivity index (χ1n) is 5.22. The molecule has 0 atom stereocenters. The van der Waals surface area contributed by atoms with Crippen LogP contribution >= 0.6 is 0 Å². The van der Waals surface area contributed by atoms with E-state index in [-0.39, 0.29) is 11.3 Å². The summed E-state index contributed by atoms with van der Waals surface area (Å²) < 4.78 is 36.6. The van der Waals surface area contributed by atoms with E-state index in [2.05, 4.69) is 16.8 Å². The topological polar surface area (TPSA) is 53.4 Å². The number of carbonyl (C=O) groups is 1. The van der Waals surface area contributed by atoms with Gasteiger partial charge in [0.2, 0.25) is 0 Å². The summed E-state index contributed by atoms with van der Waals surface area (Å²) in [5, 5.41) is 8.58. The molecule has 0 saturated heterocycles. The van der Waals surface area contributed by atoms with Crippen molar-refractivity contribution in [1.29, 1.82) is 0 Å². The number of carbonyl (C=O) groups excluding carboxylic acids is 1. The van der Waals surface area contributed by atoms with Crippen LogP contribution in [0.2, 0.25) is 0 Å². The summed E-state index contributed by atoms with van der Waals surface area (Å²) in [6.45, 7) is -1.78. The molecular formula is C12H11F3N2O2. The van der Waals surface area contributed by atoms with Crippen LogP contribution in [0, 0.1) is 11.8 Å². The number of aromatic nitrogens is 1. The molecule has 7 heteroatoms. The van der Waals surface area contributed by atoms with Crippen LogP contribution in [0.25, 0.3) is 0 Å². The quantitative estimate of drug-likeness (QED) is 0.819. The largest absolute Gasteiger partial charge is 0.406 e. The van der Waals surface area contributed by atoms with E-state index in [0.29, 0.717) is 4.90 Å². The van der Waals surface area contributed by atoms with Crippen molar-refractivity contribution in [2.45, 2.75) is 6.18 Å². The minimum Gasteiger partial charge on any atom is -0.384 e. The first-order valence-corrected chi connectivity index (χ1v) is 5.22. The highest BCUT2D eigenvalue weighted by Gasteiger charge is 2.32. The molecule has 0 fully saturated rings. The first kappa shape index (κ1) is 15.0. The summed E-state index contributed by atoms with van der Waals surface area (Å²) in [4.78, 5) is 16.1. The Morgan fingerprint density at radius 1 is 1.53 bits per heavy atom. The van der Waals surface area contributed by atoms with Crippen LogP contribution in [0.15, 0.2) is 18.3 Å². The number of alkyl halides is 3. The molecule has 0 saturated carbocycles. The van der Waals surface area contributed by atoms with Gasteiger partial charge in [0.25, 0.3) is 5.91 Å². The van der Waals surface area contributed by atoms with Crippen molar-refractivity contribution in [3.63, 3.8) is 0 Å². The number of aliphatic hydroxyl groups excluding tert-OH is 1. The van der Waals surface area contributed by atoms with E-state index in [1.807, 2.05) is 0 Å². The summed E-state index contributed by atoms with van der Waals surface area (Å²) in [5.41, 5.74) is 0.00535. The van der Waals surface area contributed by atoms with E-state index < -0.39 is 25.2 Å². The van der Waals surface area contributed by atoms with Crippen LogP contribution in [0.1, 0.15) is 16.1 Å². The Morgan fingerprint density at radius 3 is 2.79 bits per heavy atom. The highest BCUT2D eigenvalue weighted by atomic mass is 19.4. The Balaban J connectivity index is 2.99. The lowest BCUT2D eigenvalue weighted by molar-refractivity contribution is -0.138. The molecule has 0 aliphatic rings. The van der Waals surface area contributed by atoms with Gasteiger partial charge < -0.3 is 10.0 Å². The predicted octanol–water partition coefficient (Wildman–Crippen LogP) is 1.06. The van der Waals surface area contributed by atoms with Crippen molar-refractivity contribution in [3.05, 3.63) is 29.6 Å². The molecule has 1 heterocycles. The lowest BCUT2D eigenvalue weighted by Crippen LogP contribution is -2.36. The fraction of sp³-hybridized carbons (Fsp3) is 0.333. The summed E-state index contributed by atoms with van der Waals surface area (Å²) >= 11 is 0. The molecule has 0 aliphatic carbocycles. The number of halogens is 3. The molecule has 4 nitrogen and oxygen atoms in total. The predicted molar refractivity (Wildman–Crippen MR) is 61.2 cm³/mol. The van der Waals surface area contributed by atoms with Gasteiger partial charge in [0, 0.05) is 13.2 Å². The van der Waals surface area contributed by atoms with Crippen molar-refractivity contribution < 1.29 is 23.1 Å². The van der Waals surface area contributed by atoms with E-state index in [0.717, 1.165) is 7.05 Å². The second kappa shape index (κ2) is 6.20. The third kappa shape index (κ3) is 4.60. The van der Waals surface area contributed by atoms with Gasteiger partial charge in [0.15, 0.2) is 0 Å². The Labute approximate surface area is 107 Å². The lowest BCUT2D eigenvalue weighted by Gasteiger charge is -2.18. The fourth-order valence-corrected chi connectivity index (χ4v) is 1.33. The molecule has 1 N–H and O–H groups in total. The van der Waals surface area contributed by atoms with E-state index in [4.69, 9.17) is 5.11 Å². The van der Waals surface area contributed by atoms with Crippen LogP contribution in [0.5, 0.6) is 0 Å². The molecule has 0 bridgehead atoms. The molecule has 1 amide bonds. The van der Waals surface area contributed by atoms with Gasteiger partial charge >= 0.3 is 6.18 Å². The standard InChI is InChI=1S/C12H11F3N2O2/c1-17(8-12(13,14)15)11(19)10-9(5-3-7-18)4-2-6-16-10/h2,4,6,18H,7-8H2,1H3. The third-order valence-electron chi connectivity index (χ3n) is 2.08. The van der Waals surface area contributed by atoms with Crippen LogP contribution in [0.3, 0.4) is 0 Å². The minimum absolute atomic E-state index is 0.171. The summed E-state index contributed by atoms with van der Waals surface area (Å²) in [5.74, 6) is 3.92. The SMILES string of the molecule is CN(CC(F)(F)F)C(=O)c1ncccc1C#CCO. The Morgan fingerprint density at radius 2 is 2.21 bits per heavy atom. The zero-order valence-corrected chi connectivity index (χ0v) is 10.0. The highest BCUT2D eigenvalue weighted by Crippen LogP contribution is 2.17. The van der Waals surface area contributed by atoms with Crippen LogP contribution in [-0.2, 0) is 0 Å². The van der Waals surface area contributed by atoms with E-state index >= 15 is 0 Å². The van der Waals surface area contributed by atoms with Gasteiger partial charge in [-0.1, -0.05) is 11.8 Å². The Hall–Kier alpha value is -2.07. The number of amides is 1. The molecule has 1 aromatic rings. The maximum absolute atomic E-state index is 12.2. The number of pyridine rings is 1. The number of nitrogens with zero attached hydrogens (tertiary/aromatic N) is 2. The van der Waals surface area contributed by atoms with Crippen LogP contribution in [-0.4, -0.2) is 47.3 Å². The second-order valence-electron chi connectivity index (χ2n) is 3.64. The number of hydrogen-bond donors (Lipinski definition) is 1. The van der Waals surface area contributed by atoms with E-state index in [9.17, 15) is 18.0 Å². The summed E-state index contributed by atoms with van der Waals surface area (Å²) in [6, 6.07) is 2.95. The van der Waals surface area contributed by atoms with Crippen molar-refractivity contribution >= 4 is 5.91 Å². The van der Waals surface area contributed by atoms with Crippen LogP contribution < -0.4 is 0 Å². The number of hydrogen-bond acceptors (Lipinski definition) is 3. The molecule has 0 aromatic carbocycles. The zero-order chi connectivity index (χ0) is 14.5. The zero-order valence-electron chi connectivity index (χ0n) is 10.0. The number of rotatable bonds is 2. The summed E-state index contributed by atoms with van der Waals surface area (Å²) in [7, 11) is 1.04. The van der Waals surface area contributed by atoms with E-state index in [1.165, 1.54) is 18.3 Å². The molecule has 1 aromatic heterocycles. The lowest BCUT2D eigenvalue weighted by atomic mass is 10.2. The molecule has 19 heavy (non-hydrogen) atoms. The smallest absolute Gasteiger partial charge is 0.384 e. The highest BCUT2D eigenvalue weighted by molar-refractivity contribution is 5.94. The van der Waals surface area contributed by atoms with E-state index in [1.54, 1.807) is 0 Å². The molecule has 1 rings (SSSR count). The van der Waals surface area contributed by atoms with Gasteiger partial charge in [-0.05, 0) is 12.1 Å². The Kier molecular flexibility index (Phi) is 4.89. The first-order chi connectivity index (χ1) is 8.85. The monoisotopic (exact) mass is 272 g/mol. The molecule has 102 valence electrons. The van der Waals surface area contributed by atoms with Crippen molar-refractivity contribution in [1.82, 2.24) is 9.88 Å². The fourth-order valence-electron chi connectivity index (χ4n) is 1.33. The van der Waals surface area contributed by atoms with Gasteiger partial charge in [0.1, 0.15) is 18.8 Å². The van der Waals surface area contributed by atoms with Gasteiger partial charge in [-0.2, -0.15) is 13.2 Å². The molecule has 0 radical (unpaired) electrons. The second-order valence-corrected chi connectivity index (χ2v) is 3.64. The Bertz CT molecular complexity index is 518. The average Bonchev–Trinajstić information content (AvgIpc) is 2.33. The molecule has 0 unspecified atom stereocenters. The van der Waals surface area contributed by atoms with Crippen LogP contribution in [0.4, 0.5) is 13.2 Å².